The number of ether oxygens (including phenoxy) is 1. The van der Waals surface area contributed by atoms with E-state index in [0.29, 0.717) is 12.8 Å². The van der Waals surface area contributed by atoms with Crippen LogP contribution < -0.4 is 4.74 Å². The van der Waals surface area contributed by atoms with Gasteiger partial charge in [0.15, 0.2) is 9.84 Å². The normalized spacial score (nSPS) is 15.5. The number of benzene rings is 1. The lowest BCUT2D eigenvalue weighted by atomic mass is 10.2. The van der Waals surface area contributed by atoms with Gasteiger partial charge in [0.25, 0.3) is 0 Å². The van der Waals surface area contributed by atoms with Gasteiger partial charge in [-0.15, -0.1) is 0 Å². The summed E-state index contributed by atoms with van der Waals surface area (Å²) in [5.41, 5.74) is -0.115. The summed E-state index contributed by atoms with van der Waals surface area (Å²) in [6.07, 6.45) is 1.12. The molecule has 5 nitrogen and oxygen atoms in total. The maximum atomic E-state index is 12.1. The molecule has 0 atom stereocenters. The molecule has 0 aromatic heterocycles. The van der Waals surface area contributed by atoms with Crippen molar-refractivity contribution < 1.29 is 23.1 Å². The molecule has 104 valence electrons. The molecule has 1 aromatic rings. The van der Waals surface area contributed by atoms with Gasteiger partial charge in [0, 0.05) is 0 Å². The first-order valence-corrected chi connectivity index (χ1v) is 7.65. The maximum absolute atomic E-state index is 12.1. The summed E-state index contributed by atoms with van der Waals surface area (Å²) < 4.78 is 29.5. The number of sulfone groups is 1. The van der Waals surface area contributed by atoms with Crippen molar-refractivity contribution in [2.45, 2.75) is 42.9 Å². The zero-order valence-electron chi connectivity index (χ0n) is 10.8. The molecule has 1 saturated carbocycles. The molecule has 1 N–H and O–H groups in total. The molecule has 0 unspecified atom stereocenters. The van der Waals surface area contributed by atoms with E-state index in [-0.39, 0.29) is 27.6 Å². The number of hydrogen-bond acceptors (Lipinski definition) is 4. The fraction of sp³-hybridized carbons (Fsp3) is 0.462. The van der Waals surface area contributed by atoms with Gasteiger partial charge in [-0.3, -0.25) is 0 Å². The van der Waals surface area contributed by atoms with E-state index in [0.717, 1.165) is 0 Å². The number of rotatable bonds is 5. The predicted octanol–water partition coefficient (Wildman–Crippen LogP) is 2.11. The Labute approximate surface area is 112 Å². The fourth-order valence-corrected chi connectivity index (χ4v) is 3.46. The number of carboxylic acid groups (broad SMARTS) is 1. The third-order valence-corrected chi connectivity index (χ3v) is 5.10. The van der Waals surface area contributed by atoms with E-state index in [1.165, 1.54) is 18.2 Å². The van der Waals surface area contributed by atoms with Gasteiger partial charge in [0.1, 0.15) is 11.3 Å². The number of carbonyl (C=O) groups is 1. The van der Waals surface area contributed by atoms with Gasteiger partial charge in [-0.05, 0) is 44.9 Å². The lowest BCUT2D eigenvalue weighted by molar-refractivity contribution is 0.0690. The molecule has 1 aromatic carbocycles. The first kappa shape index (κ1) is 13.9. The summed E-state index contributed by atoms with van der Waals surface area (Å²) in [7, 11) is -3.39. The van der Waals surface area contributed by atoms with E-state index >= 15 is 0 Å². The SMILES string of the molecule is CC(C)Oc1ccc(S(=O)(=O)C2CC2)cc1C(=O)O. The van der Waals surface area contributed by atoms with Gasteiger partial charge < -0.3 is 9.84 Å². The number of aromatic carboxylic acids is 1. The van der Waals surface area contributed by atoms with Gasteiger partial charge in [-0.25, -0.2) is 13.2 Å². The van der Waals surface area contributed by atoms with Crippen LogP contribution in [0.25, 0.3) is 0 Å². The van der Waals surface area contributed by atoms with E-state index in [1.807, 2.05) is 0 Å². The second kappa shape index (κ2) is 4.85. The first-order chi connectivity index (χ1) is 8.82. The summed E-state index contributed by atoms with van der Waals surface area (Å²) in [5, 5.41) is 8.79. The highest BCUT2D eigenvalue weighted by atomic mass is 32.2. The number of carboxylic acids is 1. The summed E-state index contributed by atoms with van der Waals surface area (Å²) in [6.45, 7) is 3.56. The Bertz CT molecular complexity index is 599. The van der Waals surface area contributed by atoms with Crippen LogP contribution >= 0.6 is 0 Å². The van der Waals surface area contributed by atoms with Gasteiger partial charge in [0.2, 0.25) is 0 Å². The molecule has 0 spiro atoms. The third kappa shape index (κ3) is 2.89. The van der Waals surface area contributed by atoms with Crippen molar-refractivity contribution in [3.63, 3.8) is 0 Å². The van der Waals surface area contributed by atoms with E-state index in [2.05, 4.69) is 0 Å². The van der Waals surface area contributed by atoms with E-state index in [1.54, 1.807) is 13.8 Å². The van der Waals surface area contributed by atoms with Crippen molar-refractivity contribution in [2.75, 3.05) is 0 Å². The minimum Gasteiger partial charge on any atom is -0.490 e. The van der Waals surface area contributed by atoms with Crippen LogP contribution in [0.2, 0.25) is 0 Å². The van der Waals surface area contributed by atoms with Crippen molar-refractivity contribution in [3.8, 4) is 5.75 Å². The Morgan fingerprint density at radius 2 is 2.00 bits per heavy atom. The van der Waals surface area contributed by atoms with Gasteiger partial charge in [-0.2, -0.15) is 0 Å². The molecule has 0 saturated heterocycles. The Morgan fingerprint density at radius 3 is 2.47 bits per heavy atom. The van der Waals surface area contributed by atoms with Crippen molar-refractivity contribution in [3.05, 3.63) is 23.8 Å². The maximum Gasteiger partial charge on any atom is 0.339 e. The average molecular weight is 284 g/mol. The highest BCUT2D eigenvalue weighted by molar-refractivity contribution is 7.92. The molecule has 2 rings (SSSR count). The summed E-state index contributed by atoms with van der Waals surface area (Å²) in [5.74, 6) is -0.999. The monoisotopic (exact) mass is 284 g/mol. The van der Waals surface area contributed by atoms with Gasteiger partial charge in [0.05, 0.1) is 16.2 Å². The molecular weight excluding hydrogens is 268 g/mol. The molecule has 0 radical (unpaired) electrons. The zero-order valence-corrected chi connectivity index (χ0v) is 11.6. The van der Waals surface area contributed by atoms with Crippen LogP contribution in [0.5, 0.6) is 5.75 Å². The highest BCUT2D eigenvalue weighted by Crippen LogP contribution is 2.35. The minimum absolute atomic E-state index is 0.0588. The minimum atomic E-state index is -3.39. The fourth-order valence-electron chi connectivity index (χ4n) is 1.78. The Kier molecular flexibility index (Phi) is 3.54. The second-order valence-electron chi connectivity index (χ2n) is 4.87. The topological polar surface area (TPSA) is 80.7 Å². The van der Waals surface area contributed by atoms with Crippen molar-refractivity contribution in [1.82, 2.24) is 0 Å². The van der Waals surface area contributed by atoms with Crippen LogP contribution in [0.3, 0.4) is 0 Å². The van der Waals surface area contributed by atoms with Crippen LogP contribution in [-0.4, -0.2) is 30.8 Å². The molecule has 0 aliphatic heterocycles. The molecule has 1 fully saturated rings. The van der Waals surface area contributed by atoms with Crippen LogP contribution in [-0.2, 0) is 9.84 Å². The smallest absolute Gasteiger partial charge is 0.339 e. The zero-order chi connectivity index (χ0) is 14.2. The largest absolute Gasteiger partial charge is 0.490 e. The molecule has 6 heteroatoms. The van der Waals surface area contributed by atoms with Crippen molar-refractivity contribution >= 4 is 15.8 Å². The Balaban J connectivity index is 2.44. The van der Waals surface area contributed by atoms with Crippen molar-refractivity contribution in [1.29, 1.82) is 0 Å². The van der Waals surface area contributed by atoms with Crippen LogP contribution in [0.15, 0.2) is 23.1 Å². The van der Waals surface area contributed by atoms with Gasteiger partial charge >= 0.3 is 5.97 Å². The average Bonchev–Trinajstić information content (AvgIpc) is 3.11. The first-order valence-electron chi connectivity index (χ1n) is 6.10. The lowest BCUT2D eigenvalue weighted by Crippen LogP contribution is -2.12. The van der Waals surface area contributed by atoms with Crippen LogP contribution in [0.4, 0.5) is 0 Å². The molecule has 19 heavy (non-hydrogen) atoms. The molecule has 1 aliphatic rings. The van der Waals surface area contributed by atoms with Crippen LogP contribution in [0, 0.1) is 0 Å². The standard InChI is InChI=1S/C13H16O5S/c1-8(2)18-12-6-5-10(7-11(12)13(14)15)19(16,17)9-3-4-9/h5-9H,3-4H2,1-2H3,(H,14,15). The summed E-state index contributed by atoms with van der Waals surface area (Å²) in [4.78, 5) is 11.3. The van der Waals surface area contributed by atoms with Gasteiger partial charge in [-0.1, -0.05) is 0 Å². The summed E-state index contributed by atoms with van der Waals surface area (Å²) in [6, 6.07) is 4.02. The molecule has 0 bridgehead atoms. The molecule has 1 aliphatic carbocycles. The molecule has 0 amide bonds. The lowest BCUT2D eigenvalue weighted by Gasteiger charge is -2.13. The van der Waals surface area contributed by atoms with E-state index < -0.39 is 15.8 Å². The highest BCUT2D eigenvalue weighted by Gasteiger charge is 2.37. The quantitative estimate of drug-likeness (QED) is 0.895. The second-order valence-corrected chi connectivity index (χ2v) is 7.10. The van der Waals surface area contributed by atoms with E-state index in [4.69, 9.17) is 9.84 Å². The molecule has 0 heterocycles. The van der Waals surface area contributed by atoms with E-state index in [9.17, 15) is 13.2 Å². The van der Waals surface area contributed by atoms with Crippen molar-refractivity contribution in [2.24, 2.45) is 0 Å². The Morgan fingerprint density at radius 1 is 1.37 bits per heavy atom. The predicted molar refractivity (Wildman–Crippen MR) is 69.4 cm³/mol. The molecular formula is C13H16O5S. The third-order valence-electron chi connectivity index (χ3n) is 2.84. The van der Waals surface area contributed by atoms with Crippen LogP contribution in [0.1, 0.15) is 37.0 Å². The Hall–Kier alpha value is -1.56. The summed E-state index contributed by atoms with van der Waals surface area (Å²) >= 11 is 0. The number of hydrogen-bond donors (Lipinski definition) is 1.